The van der Waals surface area contributed by atoms with E-state index in [0.717, 1.165) is 0 Å². The minimum atomic E-state index is -2.91. The van der Waals surface area contributed by atoms with Crippen LogP contribution >= 0.6 is 0 Å². The average Bonchev–Trinajstić information content (AvgIpc) is 3.13. The molecule has 1 saturated carbocycles. The van der Waals surface area contributed by atoms with Gasteiger partial charge in [0.05, 0.1) is 18.1 Å². The van der Waals surface area contributed by atoms with Gasteiger partial charge in [-0.3, -0.25) is 9.79 Å². The van der Waals surface area contributed by atoms with E-state index >= 15 is 0 Å². The first kappa shape index (κ1) is 19.0. The monoisotopic (exact) mass is 358 g/mol. The Balaban J connectivity index is 1.69. The van der Waals surface area contributed by atoms with E-state index in [2.05, 4.69) is 20.9 Å². The number of hydrogen-bond donors (Lipinski definition) is 3. The standard InChI is InChI=1S/C16H30N4O3S/c1-2-17-16(20-14-7-10-24(22,23)12-14)19-9-8-18-15(21)11-13-5-3-4-6-13/h13-14H,2-12H2,1H3,(H,18,21)(H2,17,19,20). The number of hydrogen-bond acceptors (Lipinski definition) is 4. The largest absolute Gasteiger partial charge is 0.357 e. The molecule has 2 rings (SSSR count). The van der Waals surface area contributed by atoms with Crippen molar-refractivity contribution in [2.45, 2.75) is 51.5 Å². The summed E-state index contributed by atoms with van der Waals surface area (Å²) in [6, 6.07) is -0.0789. The summed E-state index contributed by atoms with van der Waals surface area (Å²) in [5.41, 5.74) is 0. The summed E-state index contributed by atoms with van der Waals surface area (Å²) in [5, 5.41) is 9.20. The Morgan fingerprint density at radius 2 is 1.92 bits per heavy atom. The Morgan fingerprint density at radius 3 is 2.54 bits per heavy atom. The van der Waals surface area contributed by atoms with E-state index in [0.29, 0.717) is 44.4 Å². The van der Waals surface area contributed by atoms with Gasteiger partial charge in [-0.15, -0.1) is 0 Å². The van der Waals surface area contributed by atoms with E-state index in [9.17, 15) is 13.2 Å². The second-order valence-electron chi connectivity index (χ2n) is 6.71. The molecule has 1 unspecified atom stereocenters. The molecular weight excluding hydrogens is 328 g/mol. The van der Waals surface area contributed by atoms with Gasteiger partial charge >= 0.3 is 0 Å². The molecule has 0 bridgehead atoms. The second kappa shape index (κ2) is 9.25. The van der Waals surface area contributed by atoms with Crippen molar-refractivity contribution in [3.05, 3.63) is 0 Å². The van der Waals surface area contributed by atoms with Crippen molar-refractivity contribution in [1.82, 2.24) is 16.0 Å². The number of carbonyl (C=O) groups is 1. The maximum atomic E-state index is 11.9. The topological polar surface area (TPSA) is 99.7 Å². The van der Waals surface area contributed by atoms with E-state index in [1.807, 2.05) is 6.92 Å². The van der Waals surface area contributed by atoms with E-state index in [1.54, 1.807) is 0 Å². The maximum absolute atomic E-state index is 11.9. The molecule has 1 heterocycles. The number of rotatable bonds is 7. The fourth-order valence-electron chi connectivity index (χ4n) is 3.33. The Labute approximate surface area is 145 Å². The van der Waals surface area contributed by atoms with Crippen LogP contribution < -0.4 is 16.0 Å². The van der Waals surface area contributed by atoms with Crippen LogP contribution in [0.25, 0.3) is 0 Å². The number of aliphatic imine (C=N–C) groups is 1. The van der Waals surface area contributed by atoms with Gasteiger partial charge in [0.2, 0.25) is 5.91 Å². The summed E-state index contributed by atoms with van der Waals surface area (Å²) in [7, 11) is -2.91. The van der Waals surface area contributed by atoms with E-state index in [1.165, 1.54) is 25.7 Å². The van der Waals surface area contributed by atoms with Crippen molar-refractivity contribution >= 4 is 21.7 Å². The lowest BCUT2D eigenvalue weighted by Gasteiger charge is -2.16. The van der Waals surface area contributed by atoms with E-state index in [-0.39, 0.29) is 23.5 Å². The van der Waals surface area contributed by atoms with Crippen molar-refractivity contribution in [3.8, 4) is 0 Å². The molecule has 2 aliphatic rings. The van der Waals surface area contributed by atoms with Gasteiger partial charge in [0.1, 0.15) is 0 Å². The van der Waals surface area contributed by atoms with Gasteiger partial charge in [-0.25, -0.2) is 8.42 Å². The summed E-state index contributed by atoms with van der Waals surface area (Å²) in [4.78, 5) is 16.3. The number of amides is 1. The lowest BCUT2D eigenvalue weighted by Crippen LogP contribution is -2.44. The van der Waals surface area contributed by atoms with Crippen LogP contribution in [0.4, 0.5) is 0 Å². The van der Waals surface area contributed by atoms with Crippen molar-refractivity contribution in [2.75, 3.05) is 31.1 Å². The first-order valence-corrected chi connectivity index (χ1v) is 10.8. The molecule has 3 N–H and O–H groups in total. The number of guanidine groups is 1. The number of sulfone groups is 1. The first-order chi connectivity index (χ1) is 11.5. The summed E-state index contributed by atoms with van der Waals surface area (Å²) in [5.74, 6) is 1.68. The third-order valence-electron chi connectivity index (χ3n) is 4.57. The zero-order valence-corrected chi connectivity index (χ0v) is 15.3. The quantitative estimate of drug-likeness (QED) is 0.348. The summed E-state index contributed by atoms with van der Waals surface area (Å²) >= 11 is 0. The van der Waals surface area contributed by atoms with Gasteiger partial charge in [0.15, 0.2) is 15.8 Å². The Kier molecular flexibility index (Phi) is 7.33. The Morgan fingerprint density at radius 1 is 1.17 bits per heavy atom. The molecule has 138 valence electrons. The highest BCUT2D eigenvalue weighted by molar-refractivity contribution is 7.91. The smallest absolute Gasteiger partial charge is 0.220 e. The van der Waals surface area contributed by atoms with Crippen LogP contribution in [0.1, 0.15) is 45.4 Å². The zero-order chi connectivity index (χ0) is 17.4. The van der Waals surface area contributed by atoms with Gasteiger partial charge < -0.3 is 16.0 Å². The van der Waals surface area contributed by atoms with Crippen LogP contribution in [-0.2, 0) is 14.6 Å². The van der Waals surface area contributed by atoms with Crippen LogP contribution in [0.5, 0.6) is 0 Å². The molecule has 0 aromatic heterocycles. The molecule has 1 saturated heterocycles. The minimum absolute atomic E-state index is 0.0789. The van der Waals surface area contributed by atoms with Crippen molar-refractivity contribution in [2.24, 2.45) is 10.9 Å². The molecule has 8 heteroatoms. The highest BCUT2D eigenvalue weighted by Gasteiger charge is 2.28. The van der Waals surface area contributed by atoms with Gasteiger partial charge in [-0.05, 0) is 32.1 Å². The van der Waals surface area contributed by atoms with Gasteiger partial charge in [-0.2, -0.15) is 0 Å². The van der Waals surface area contributed by atoms with Crippen LogP contribution in [0.3, 0.4) is 0 Å². The Bertz CT molecular complexity index is 542. The lowest BCUT2D eigenvalue weighted by atomic mass is 10.0. The molecule has 0 radical (unpaired) electrons. The SMILES string of the molecule is CCNC(=NCCNC(=O)CC1CCCC1)NC1CCS(=O)(=O)C1. The molecule has 1 atom stereocenters. The molecule has 24 heavy (non-hydrogen) atoms. The highest BCUT2D eigenvalue weighted by Crippen LogP contribution is 2.27. The summed E-state index contributed by atoms with van der Waals surface area (Å²) in [6.45, 7) is 3.65. The summed E-state index contributed by atoms with van der Waals surface area (Å²) < 4.78 is 23.0. The number of nitrogens with zero attached hydrogens (tertiary/aromatic N) is 1. The number of carbonyl (C=O) groups excluding carboxylic acids is 1. The molecule has 1 aliphatic carbocycles. The predicted molar refractivity (Wildman–Crippen MR) is 95.8 cm³/mol. The first-order valence-electron chi connectivity index (χ1n) is 9.00. The van der Waals surface area contributed by atoms with Gasteiger partial charge in [0.25, 0.3) is 0 Å². The molecule has 7 nitrogen and oxygen atoms in total. The van der Waals surface area contributed by atoms with Crippen LogP contribution in [-0.4, -0.2) is 57.5 Å². The summed E-state index contributed by atoms with van der Waals surface area (Å²) in [6.07, 6.45) is 6.08. The normalized spacial score (nSPS) is 24.0. The molecule has 1 amide bonds. The van der Waals surface area contributed by atoms with E-state index < -0.39 is 9.84 Å². The molecule has 0 aromatic carbocycles. The van der Waals surface area contributed by atoms with Gasteiger partial charge in [0, 0.05) is 25.6 Å². The van der Waals surface area contributed by atoms with E-state index in [4.69, 9.17) is 0 Å². The lowest BCUT2D eigenvalue weighted by molar-refractivity contribution is -0.121. The maximum Gasteiger partial charge on any atom is 0.220 e. The van der Waals surface area contributed by atoms with Crippen LogP contribution in [0.15, 0.2) is 4.99 Å². The van der Waals surface area contributed by atoms with Crippen molar-refractivity contribution < 1.29 is 13.2 Å². The van der Waals surface area contributed by atoms with Crippen molar-refractivity contribution in [3.63, 3.8) is 0 Å². The molecular formula is C16H30N4O3S. The third-order valence-corrected chi connectivity index (χ3v) is 6.34. The predicted octanol–water partition coefficient (Wildman–Crippen LogP) is 0.425. The average molecular weight is 359 g/mol. The van der Waals surface area contributed by atoms with Gasteiger partial charge in [-0.1, -0.05) is 12.8 Å². The second-order valence-corrected chi connectivity index (χ2v) is 8.94. The molecule has 2 fully saturated rings. The zero-order valence-electron chi connectivity index (χ0n) is 14.5. The molecule has 0 aromatic rings. The fraction of sp³-hybridized carbons (Fsp3) is 0.875. The fourth-order valence-corrected chi connectivity index (χ4v) is 5.01. The highest BCUT2D eigenvalue weighted by atomic mass is 32.2. The van der Waals surface area contributed by atoms with Crippen LogP contribution in [0, 0.1) is 5.92 Å². The molecule has 0 spiro atoms. The minimum Gasteiger partial charge on any atom is -0.357 e. The Hall–Kier alpha value is -1.31. The molecule has 1 aliphatic heterocycles. The number of nitrogens with one attached hydrogen (secondary N) is 3. The third kappa shape index (κ3) is 6.67. The van der Waals surface area contributed by atoms with Crippen molar-refractivity contribution in [1.29, 1.82) is 0 Å². The van der Waals surface area contributed by atoms with Crippen LogP contribution in [0.2, 0.25) is 0 Å².